The lowest BCUT2D eigenvalue weighted by Crippen LogP contribution is -2.10. The Bertz CT molecular complexity index is 1270. The maximum atomic E-state index is 5.89. The van der Waals surface area contributed by atoms with Crippen LogP contribution in [0.3, 0.4) is 0 Å². The number of para-hydroxylation sites is 1. The summed E-state index contributed by atoms with van der Waals surface area (Å²) in [5.74, 6) is 2.49. The quantitative estimate of drug-likeness (QED) is 0.400. The van der Waals surface area contributed by atoms with Crippen LogP contribution < -0.4 is 10.1 Å². The zero-order chi connectivity index (χ0) is 20.9. The SMILES string of the molecule is c1ccc(Oc2ccc(-c3cc(NCCc4ccccn4)n4nccc4n3)cc2)cc1. The van der Waals surface area contributed by atoms with Crippen LogP contribution in [0.15, 0.2) is 97.3 Å². The topological polar surface area (TPSA) is 64.3 Å². The van der Waals surface area contributed by atoms with Gasteiger partial charge in [-0.15, -0.1) is 0 Å². The Balaban J connectivity index is 1.36. The molecule has 3 heterocycles. The summed E-state index contributed by atoms with van der Waals surface area (Å²) in [7, 11) is 0. The fourth-order valence-corrected chi connectivity index (χ4v) is 3.37. The van der Waals surface area contributed by atoms with E-state index in [1.807, 2.05) is 95.6 Å². The van der Waals surface area contributed by atoms with E-state index in [0.29, 0.717) is 0 Å². The van der Waals surface area contributed by atoms with E-state index in [1.165, 1.54) is 0 Å². The van der Waals surface area contributed by atoms with Gasteiger partial charge >= 0.3 is 0 Å². The highest BCUT2D eigenvalue weighted by Crippen LogP contribution is 2.26. The molecule has 1 N–H and O–H groups in total. The van der Waals surface area contributed by atoms with E-state index < -0.39 is 0 Å². The Morgan fingerprint density at radius 1 is 0.806 bits per heavy atom. The molecule has 0 aliphatic carbocycles. The van der Waals surface area contributed by atoms with E-state index in [2.05, 4.69) is 15.4 Å². The molecule has 2 aromatic carbocycles. The summed E-state index contributed by atoms with van der Waals surface area (Å²) in [5, 5.41) is 7.87. The van der Waals surface area contributed by atoms with Crippen LogP contribution in [0.1, 0.15) is 5.69 Å². The maximum Gasteiger partial charge on any atom is 0.157 e. The lowest BCUT2D eigenvalue weighted by molar-refractivity contribution is 0.483. The van der Waals surface area contributed by atoms with Crippen LogP contribution in [-0.4, -0.2) is 26.1 Å². The number of nitrogens with zero attached hydrogens (tertiary/aromatic N) is 4. The largest absolute Gasteiger partial charge is 0.457 e. The van der Waals surface area contributed by atoms with E-state index in [-0.39, 0.29) is 0 Å². The molecular formula is C25H21N5O. The zero-order valence-corrected chi connectivity index (χ0v) is 16.8. The van der Waals surface area contributed by atoms with Gasteiger partial charge in [-0.1, -0.05) is 24.3 Å². The van der Waals surface area contributed by atoms with Gasteiger partial charge in [-0.25, -0.2) is 4.98 Å². The van der Waals surface area contributed by atoms with E-state index in [0.717, 1.165) is 52.9 Å². The van der Waals surface area contributed by atoms with Crippen molar-refractivity contribution in [2.75, 3.05) is 11.9 Å². The molecule has 6 nitrogen and oxygen atoms in total. The van der Waals surface area contributed by atoms with Gasteiger partial charge < -0.3 is 10.1 Å². The number of ether oxygens (including phenoxy) is 1. The molecule has 3 aromatic heterocycles. The molecule has 0 atom stereocenters. The Labute approximate surface area is 180 Å². The van der Waals surface area contributed by atoms with Crippen LogP contribution in [-0.2, 0) is 6.42 Å². The Hall–Kier alpha value is -4.19. The van der Waals surface area contributed by atoms with Gasteiger partial charge in [-0.2, -0.15) is 9.61 Å². The van der Waals surface area contributed by atoms with Crippen molar-refractivity contribution in [3.05, 3.63) is 103 Å². The van der Waals surface area contributed by atoms with Crippen molar-refractivity contribution in [3.63, 3.8) is 0 Å². The summed E-state index contributed by atoms with van der Waals surface area (Å²) in [6.45, 7) is 0.749. The summed E-state index contributed by atoms with van der Waals surface area (Å²) in [5.41, 5.74) is 3.73. The molecule has 6 heteroatoms. The predicted octanol–water partition coefficient (Wildman–Crippen LogP) is 5.24. The molecule has 152 valence electrons. The first-order chi connectivity index (χ1) is 15.3. The van der Waals surface area contributed by atoms with E-state index in [1.54, 1.807) is 6.20 Å². The third kappa shape index (κ3) is 4.38. The van der Waals surface area contributed by atoms with Gasteiger partial charge in [-0.3, -0.25) is 4.98 Å². The van der Waals surface area contributed by atoms with Crippen molar-refractivity contribution in [1.29, 1.82) is 0 Å². The molecule has 31 heavy (non-hydrogen) atoms. The molecule has 0 fully saturated rings. The summed E-state index contributed by atoms with van der Waals surface area (Å²) in [6.07, 6.45) is 4.40. The fourth-order valence-electron chi connectivity index (χ4n) is 3.37. The van der Waals surface area contributed by atoms with Crippen molar-refractivity contribution in [3.8, 4) is 22.8 Å². The van der Waals surface area contributed by atoms with Crippen LogP contribution >= 0.6 is 0 Å². The van der Waals surface area contributed by atoms with E-state index in [4.69, 9.17) is 9.72 Å². The van der Waals surface area contributed by atoms with Gasteiger partial charge in [0.25, 0.3) is 0 Å². The zero-order valence-electron chi connectivity index (χ0n) is 16.8. The second-order valence-corrected chi connectivity index (χ2v) is 7.07. The van der Waals surface area contributed by atoms with Crippen LogP contribution in [0.4, 0.5) is 5.82 Å². The number of rotatable bonds is 7. The minimum atomic E-state index is 0.749. The molecule has 0 aliphatic rings. The molecule has 0 saturated carbocycles. The molecule has 5 rings (SSSR count). The normalized spacial score (nSPS) is 10.8. The summed E-state index contributed by atoms with van der Waals surface area (Å²) >= 11 is 0. The van der Waals surface area contributed by atoms with E-state index in [9.17, 15) is 0 Å². The Morgan fingerprint density at radius 3 is 2.42 bits per heavy atom. The molecule has 0 radical (unpaired) electrons. The van der Waals surface area contributed by atoms with Crippen molar-refractivity contribution < 1.29 is 4.74 Å². The van der Waals surface area contributed by atoms with Crippen molar-refractivity contribution >= 4 is 11.5 Å². The Kier molecular flexibility index (Phi) is 5.26. The number of benzene rings is 2. The van der Waals surface area contributed by atoms with E-state index >= 15 is 0 Å². The molecule has 0 bridgehead atoms. The molecule has 0 spiro atoms. The van der Waals surface area contributed by atoms with Gasteiger partial charge in [0.1, 0.15) is 17.3 Å². The minimum absolute atomic E-state index is 0.749. The number of aromatic nitrogens is 4. The monoisotopic (exact) mass is 407 g/mol. The Morgan fingerprint density at radius 2 is 1.61 bits per heavy atom. The third-order valence-corrected chi connectivity index (χ3v) is 4.90. The van der Waals surface area contributed by atoms with Gasteiger partial charge in [-0.05, 0) is 48.5 Å². The molecule has 0 amide bonds. The number of fused-ring (bicyclic) bond motifs is 1. The highest BCUT2D eigenvalue weighted by atomic mass is 16.5. The third-order valence-electron chi connectivity index (χ3n) is 4.90. The second kappa shape index (κ2) is 8.67. The first-order valence-corrected chi connectivity index (χ1v) is 10.2. The van der Waals surface area contributed by atoms with Crippen LogP contribution in [0, 0.1) is 0 Å². The molecule has 0 unspecified atom stereocenters. The van der Waals surface area contributed by atoms with Crippen LogP contribution in [0.25, 0.3) is 16.9 Å². The average Bonchev–Trinajstić information content (AvgIpc) is 3.30. The number of hydrogen-bond acceptors (Lipinski definition) is 5. The summed E-state index contributed by atoms with van der Waals surface area (Å²) < 4.78 is 7.71. The highest BCUT2D eigenvalue weighted by molar-refractivity contribution is 5.67. The first-order valence-electron chi connectivity index (χ1n) is 10.2. The highest BCUT2D eigenvalue weighted by Gasteiger charge is 2.09. The summed E-state index contributed by atoms with van der Waals surface area (Å²) in [4.78, 5) is 9.13. The lowest BCUT2D eigenvalue weighted by Gasteiger charge is -2.11. The number of anilines is 1. The number of hydrogen-bond donors (Lipinski definition) is 1. The number of nitrogens with one attached hydrogen (secondary N) is 1. The van der Waals surface area contributed by atoms with Gasteiger partial charge in [0.2, 0.25) is 0 Å². The minimum Gasteiger partial charge on any atom is -0.457 e. The maximum absolute atomic E-state index is 5.89. The van der Waals surface area contributed by atoms with Crippen LogP contribution in [0.5, 0.6) is 11.5 Å². The standard InChI is InChI=1S/C25H21N5O/c1-2-7-21(8-3-1)31-22-11-9-19(10-12-22)23-18-25(30-24(29-23)14-17-28-30)27-16-13-20-6-4-5-15-26-20/h1-12,14-15,17-18,27H,13,16H2. The van der Waals surface area contributed by atoms with Gasteiger partial charge in [0.15, 0.2) is 5.65 Å². The number of pyridine rings is 1. The first kappa shape index (κ1) is 18.8. The van der Waals surface area contributed by atoms with Gasteiger partial charge in [0, 0.05) is 42.6 Å². The lowest BCUT2D eigenvalue weighted by atomic mass is 10.1. The molecule has 5 aromatic rings. The van der Waals surface area contributed by atoms with Crippen molar-refractivity contribution in [2.45, 2.75) is 6.42 Å². The van der Waals surface area contributed by atoms with Gasteiger partial charge in [0.05, 0.1) is 11.9 Å². The summed E-state index contributed by atoms with van der Waals surface area (Å²) in [6, 6.07) is 27.6. The second-order valence-electron chi connectivity index (χ2n) is 7.07. The molecular weight excluding hydrogens is 386 g/mol. The fraction of sp³-hybridized carbons (Fsp3) is 0.0800. The van der Waals surface area contributed by atoms with Crippen molar-refractivity contribution in [2.24, 2.45) is 0 Å². The average molecular weight is 407 g/mol. The smallest absolute Gasteiger partial charge is 0.157 e. The molecule has 0 aliphatic heterocycles. The van der Waals surface area contributed by atoms with Crippen LogP contribution in [0.2, 0.25) is 0 Å². The predicted molar refractivity (Wildman–Crippen MR) is 121 cm³/mol. The molecule has 0 saturated heterocycles. The van der Waals surface area contributed by atoms with Crippen molar-refractivity contribution in [1.82, 2.24) is 19.6 Å².